The largest absolute Gasteiger partial charge is 0.496 e. The average Bonchev–Trinajstić information content (AvgIpc) is 2.86. The van der Waals surface area contributed by atoms with Crippen molar-refractivity contribution in [1.82, 2.24) is 0 Å². The van der Waals surface area contributed by atoms with Crippen LogP contribution >= 0.6 is 0 Å². The molecule has 100 valence electrons. The molecular weight excluding hydrogens is 230 g/mol. The van der Waals surface area contributed by atoms with Gasteiger partial charge in [0.2, 0.25) is 0 Å². The third-order valence-electron chi connectivity index (χ3n) is 3.50. The van der Waals surface area contributed by atoms with Crippen LogP contribution < -0.4 is 9.64 Å². The summed E-state index contributed by atoms with van der Waals surface area (Å²) in [7, 11) is 3.38. The lowest BCUT2D eigenvalue weighted by molar-refractivity contribution is 0.121. The third kappa shape index (κ3) is 2.44. The van der Waals surface area contributed by atoms with Gasteiger partial charge in [-0.15, -0.1) is 0 Å². The number of aliphatic hydroxyl groups excluding tert-OH is 1. The molecule has 1 saturated heterocycles. The summed E-state index contributed by atoms with van der Waals surface area (Å²) < 4.78 is 10.7. The van der Waals surface area contributed by atoms with Crippen LogP contribution in [-0.2, 0) is 4.74 Å². The Kier molecular flexibility index (Phi) is 4.09. The first-order valence-electron chi connectivity index (χ1n) is 6.30. The van der Waals surface area contributed by atoms with Gasteiger partial charge in [-0.1, -0.05) is 6.07 Å². The van der Waals surface area contributed by atoms with Crippen LogP contribution in [0.1, 0.15) is 25.0 Å². The van der Waals surface area contributed by atoms with Crippen molar-refractivity contribution in [3.05, 3.63) is 23.8 Å². The summed E-state index contributed by atoms with van der Waals surface area (Å²) in [5.41, 5.74) is 1.90. The monoisotopic (exact) mass is 251 g/mol. The molecule has 0 bridgehead atoms. The van der Waals surface area contributed by atoms with Crippen molar-refractivity contribution in [2.24, 2.45) is 0 Å². The zero-order valence-electron chi connectivity index (χ0n) is 11.2. The molecule has 2 atom stereocenters. The fourth-order valence-electron chi connectivity index (χ4n) is 2.55. The summed E-state index contributed by atoms with van der Waals surface area (Å²) in [6.45, 7) is 3.58. The number of hydrogen-bond acceptors (Lipinski definition) is 4. The number of ether oxygens (including phenoxy) is 2. The SMILES string of the molecule is COc1cccc(N2CCC(OC)C2)c1[C@@H](C)O. The molecule has 1 fully saturated rings. The molecule has 1 N–H and O–H groups in total. The Morgan fingerprint density at radius 3 is 2.72 bits per heavy atom. The van der Waals surface area contributed by atoms with Gasteiger partial charge in [-0.3, -0.25) is 0 Å². The predicted octanol–water partition coefficient (Wildman–Crippen LogP) is 1.97. The summed E-state index contributed by atoms with van der Waals surface area (Å²) in [6.07, 6.45) is 0.753. The van der Waals surface area contributed by atoms with Crippen LogP contribution in [0.5, 0.6) is 5.75 Å². The van der Waals surface area contributed by atoms with Gasteiger partial charge < -0.3 is 19.5 Å². The molecule has 1 heterocycles. The van der Waals surface area contributed by atoms with E-state index < -0.39 is 6.10 Å². The van der Waals surface area contributed by atoms with Crippen LogP contribution in [0.15, 0.2) is 18.2 Å². The lowest BCUT2D eigenvalue weighted by atomic mass is 10.1. The fourth-order valence-corrected chi connectivity index (χ4v) is 2.55. The Morgan fingerprint density at radius 2 is 2.17 bits per heavy atom. The van der Waals surface area contributed by atoms with Gasteiger partial charge in [-0.2, -0.15) is 0 Å². The Bertz CT molecular complexity index is 406. The molecule has 1 aromatic rings. The first kappa shape index (κ1) is 13.2. The van der Waals surface area contributed by atoms with Crippen LogP contribution in [0.25, 0.3) is 0 Å². The molecule has 1 unspecified atom stereocenters. The third-order valence-corrected chi connectivity index (χ3v) is 3.50. The van der Waals surface area contributed by atoms with Crippen LogP contribution in [0.2, 0.25) is 0 Å². The summed E-state index contributed by atoms with van der Waals surface area (Å²) in [4.78, 5) is 2.25. The molecule has 4 heteroatoms. The van der Waals surface area contributed by atoms with Crippen LogP contribution in [0, 0.1) is 0 Å². The number of hydrogen-bond donors (Lipinski definition) is 1. The number of anilines is 1. The number of rotatable bonds is 4. The van der Waals surface area contributed by atoms with Gasteiger partial charge in [0.1, 0.15) is 5.75 Å². The van der Waals surface area contributed by atoms with Crippen molar-refractivity contribution >= 4 is 5.69 Å². The number of methoxy groups -OCH3 is 2. The van der Waals surface area contributed by atoms with E-state index >= 15 is 0 Å². The molecule has 0 radical (unpaired) electrons. The highest BCUT2D eigenvalue weighted by Gasteiger charge is 2.26. The maximum Gasteiger partial charge on any atom is 0.126 e. The summed E-state index contributed by atoms with van der Waals surface area (Å²) >= 11 is 0. The van der Waals surface area contributed by atoms with Crippen LogP contribution in [0.3, 0.4) is 0 Å². The first-order valence-corrected chi connectivity index (χ1v) is 6.30. The topological polar surface area (TPSA) is 41.9 Å². The van der Waals surface area contributed by atoms with E-state index in [1.54, 1.807) is 21.1 Å². The van der Waals surface area contributed by atoms with Crippen molar-refractivity contribution in [2.75, 3.05) is 32.2 Å². The molecule has 0 aliphatic carbocycles. The molecule has 2 rings (SSSR count). The van der Waals surface area contributed by atoms with Gasteiger partial charge in [-0.05, 0) is 25.5 Å². The Labute approximate surface area is 108 Å². The molecule has 0 amide bonds. The molecule has 4 nitrogen and oxygen atoms in total. The highest BCUT2D eigenvalue weighted by Crippen LogP contribution is 2.36. The maximum absolute atomic E-state index is 9.96. The summed E-state index contributed by atoms with van der Waals surface area (Å²) in [6, 6.07) is 5.87. The van der Waals surface area contributed by atoms with Crippen molar-refractivity contribution in [3.8, 4) is 5.75 Å². The van der Waals surface area contributed by atoms with E-state index in [-0.39, 0.29) is 6.10 Å². The van der Waals surface area contributed by atoms with E-state index in [0.29, 0.717) is 0 Å². The normalized spacial score (nSPS) is 21.1. The predicted molar refractivity (Wildman–Crippen MR) is 71.3 cm³/mol. The fraction of sp³-hybridized carbons (Fsp3) is 0.571. The van der Waals surface area contributed by atoms with Crippen molar-refractivity contribution in [3.63, 3.8) is 0 Å². The number of aliphatic hydroxyl groups is 1. The average molecular weight is 251 g/mol. The van der Waals surface area contributed by atoms with Gasteiger partial charge in [-0.25, -0.2) is 0 Å². The second-order valence-corrected chi connectivity index (χ2v) is 4.66. The molecule has 0 aromatic heterocycles. The number of nitrogens with zero attached hydrogens (tertiary/aromatic N) is 1. The van der Waals surface area contributed by atoms with Crippen molar-refractivity contribution < 1.29 is 14.6 Å². The van der Waals surface area contributed by atoms with Gasteiger partial charge in [0, 0.05) is 31.5 Å². The van der Waals surface area contributed by atoms with E-state index in [2.05, 4.69) is 4.90 Å². The molecule has 1 aliphatic heterocycles. The van der Waals surface area contributed by atoms with Gasteiger partial charge in [0.15, 0.2) is 0 Å². The lowest BCUT2D eigenvalue weighted by Gasteiger charge is -2.24. The van der Waals surface area contributed by atoms with E-state index in [9.17, 15) is 5.11 Å². The Hall–Kier alpha value is -1.26. The molecule has 0 saturated carbocycles. The Balaban J connectivity index is 2.32. The highest BCUT2D eigenvalue weighted by molar-refractivity contribution is 5.61. The standard InChI is InChI=1S/C14H21NO3/c1-10(16)14-12(5-4-6-13(14)18-3)15-8-7-11(9-15)17-2/h4-6,10-11,16H,7-9H2,1-3H3/t10-,11?/m1/s1. The second kappa shape index (κ2) is 5.59. The van der Waals surface area contributed by atoms with E-state index in [0.717, 1.165) is 36.5 Å². The minimum atomic E-state index is -0.544. The summed E-state index contributed by atoms with van der Waals surface area (Å²) in [5.74, 6) is 0.739. The maximum atomic E-state index is 9.96. The minimum Gasteiger partial charge on any atom is -0.496 e. The Morgan fingerprint density at radius 1 is 1.39 bits per heavy atom. The van der Waals surface area contributed by atoms with Crippen LogP contribution in [0.4, 0.5) is 5.69 Å². The molecule has 0 spiro atoms. The smallest absolute Gasteiger partial charge is 0.126 e. The zero-order valence-corrected chi connectivity index (χ0v) is 11.2. The van der Waals surface area contributed by atoms with Gasteiger partial charge in [0.25, 0.3) is 0 Å². The molecule has 1 aliphatic rings. The van der Waals surface area contributed by atoms with E-state index in [1.807, 2.05) is 18.2 Å². The van der Waals surface area contributed by atoms with Gasteiger partial charge >= 0.3 is 0 Å². The van der Waals surface area contributed by atoms with Gasteiger partial charge in [0.05, 0.1) is 19.3 Å². The zero-order chi connectivity index (χ0) is 13.1. The lowest BCUT2D eigenvalue weighted by Crippen LogP contribution is -2.23. The van der Waals surface area contributed by atoms with E-state index in [4.69, 9.17) is 9.47 Å². The second-order valence-electron chi connectivity index (χ2n) is 4.66. The van der Waals surface area contributed by atoms with Crippen LogP contribution in [-0.4, -0.2) is 38.5 Å². The first-order chi connectivity index (χ1) is 8.67. The molecular formula is C14H21NO3. The quantitative estimate of drug-likeness (QED) is 0.888. The van der Waals surface area contributed by atoms with Crippen molar-refractivity contribution in [2.45, 2.75) is 25.6 Å². The minimum absolute atomic E-state index is 0.276. The van der Waals surface area contributed by atoms with E-state index in [1.165, 1.54) is 0 Å². The molecule has 18 heavy (non-hydrogen) atoms. The molecule has 1 aromatic carbocycles. The summed E-state index contributed by atoms with van der Waals surface area (Å²) in [5, 5.41) is 9.96. The van der Waals surface area contributed by atoms with Crippen molar-refractivity contribution in [1.29, 1.82) is 0 Å². The highest BCUT2D eigenvalue weighted by atomic mass is 16.5. The number of benzene rings is 1.